The van der Waals surface area contributed by atoms with Crippen LogP contribution in [-0.2, 0) is 16.1 Å². The molecular formula is C32H28N3O6S-. The maximum Gasteiger partial charge on any atom is 0.327 e. The molecule has 2 aromatic heterocycles. The standard InChI is InChI=1S/C32H29N3O6S/c1-19(2)29(32(37)38)35(42(39)40)25-15-11-22(12-16-25)21-9-13-24(14-10-21)34-31(36)30-20(3)28-26(7-4-8-27(28)41-30)23-6-5-17-33-18-23/h4-19,29H,1-3H3,(H,34,36)(H,37,38)(H,39,40)/p-1. The van der Waals surface area contributed by atoms with Gasteiger partial charge in [-0.25, -0.2) is 4.79 Å². The first-order valence-electron chi connectivity index (χ1n) is 13.2. The number of carbonyl (C=O) groups is 2. The first-order chi connectivity index (χ1) is 20.2. The van der Waals surface area contributed by atoms with Crippen molar-refractivity contribution < 1.29 is 27.9 Å². The van der Waals surface area contributed by atoms with Crippen LogP contribution in [0.4, 0.5) is 11.4 Å². The predicted octanol–water partition coefficient (Wildman–Crippen LogP) is 6.43. The second-order valence-corrected chi connectivity index (χ2v) is 11.0. The minimum Gasteiger partial charge on any atom is -0.755 e. The number of aromatic nitrogens is 1. The molecule has 2 heterocycles. The lowest BCUT2D eigenvalue weighted by atomic mass is 10.00. The van der Waals surface area contributed by atoms with E-state index in [1.54, 1.807) is 62.6 Å². The maximum atomic E-state index is 13.2. The average molecular weight is 583 g/mol. The summed E-state index contributed by atoms with van der Waals surface area (Å²) in [4.78, 5) is 29.1. The van der Waals surface area contributed by atoms with Crippen molar-refractivity contribution in [1.29, 1.82) is 0 Å². The maximum absolute atomic E-state index is 13.2. The fraction of sp³-hybridized carbons (Fsp3) is 0.156. The molecule has 0 radical (unpaired) electrons. The van der Waals surface area contributed by atoms with E-state index in [2.05, 4.69) is 10.3 Å². The lowest BCUT2D eigenvalue weighted by Crippen LogP contribution is -2.45. The Balaban J connectivity index is 1.34. The van der Waals surface area contributed by atoms with Gasteiger partial charge in [0.2, 0.25) is 0 Å². The summed E-state index contributed by atoms with van der Waals surface area (Å²) in [5.74, 6) is -1.80. The monoisotopic (exact) mass is 582 g/mol. The number of aliphatic carboxylic acids is 1. The molecule has 2 atom stereocenters. The molecule has 0 aliphatic carbocycles. The molecule has 0 aliphatic rings. The number of aryl methyl sites for hydroxylation is 1. The number of nitrogens with one attached hydrogen (secondary N) is 1. The number of pyridine rings is 1. The summed E-state index contributed by atoms with van der Waals surface area (Å²) in [6.07, 6.45) is 3.48. The zero-order valence-electron chi connectivity index (χ0n) is 23.1. The summed E-state index contributed by atoms with van der Waals surface area (Å²) in [6.45, 7) is 5.17. The van der Waals surface area contributed by atoms with Crippen molar-refractivity contribution in [1.82, 2.24) is 4.98 Å². The van der Waals surface area contributed by atoms with Gasteiger partial charge in [-0.3, -0.25) is 18.3 Å². The van der Waals surface area contributed by atoms with Crippen LogP contribution in [0.25, 0.3) is 33.2 Å². The molecule has 0 fully saturated rings. The van der Waals surface area contributed by atoms with Crippen molar-refractivity contribution in [3.63, 3.8) is 0 Å². The molecule has 2 N–H and O–H groups in total. The Morgan fingerprint density at radius 3 is 2.19 bits per heavy atom. The van der Waals surface area contributed by atoms with E-state index in [9.17, 15) is 23.5 Å². The number of nitrogens with zero attached hydrogens (tertiary/aromatic N) is 2. The molecule has 0 spiro atoms. The number of carboxylic acid groups (broad SMARTS) is 1. The lowest BCUT2D eigenvalue weighted by molar-refractivity contribution is -0.139. The zero-order chi connectivity index (χ0) is 30.0. The number of rotatable bonds is 9. The topological polar surface area (TPSA) is 136 Å². The van der Waals surface area contributed by atoms with Crippen LogP contribution in [0, 0.1) is 12.8 Å². The van der Waals surface area contributed by atoms with Gasteiger partial charge in [0.25, 0.3) is 5.91 Å². The van der Waals surface area contributed by atoms with Gasteiger partial charge in [-0.1, -0.05) is 56.3 Å². The van der Waals surface area contributed by atoms with Crippen LogP contribution in [0.2, 0.25) is 0 Å². The first kappa shape index (κ1) is 28.7. The number of anilines is 2. The number of fused-ring (bicyclic) bond motifs is 1. The Morgan fingerprint density at radius 1 is 0.952 bits per heavy atom. The van der Waals surface area contributed by atoms with Gasteiger partial charge in [-0.15, -0.1) is 0 Å². The van der Waals surface area contributed by atoms with Crippen molar-refractivity contribution in [3.8, 4) is 22.3 Å². The molecule has 214 valence electrons. The molecule has 42 heavy (non-hydrogen) atoms. The minimum atomic E-state index is -2.77. The molecule has 10 heteroatoms. The van der Waals surface area contributed by atoms with Crippen molar-refractivity contribution in [2.75, 3.05) is 9.62 Å². The highest BCUT2D eigenvalue weighted by Crippen LogP contribution is 2.35. The number of benzene rings is 3. The number of furan rings is 1. The Bertz CT molecular complexity index is 1770. The van der Waals surface area contributed by atoms with Crippen LogP contribution in [0.5, 0.6) is 0 Å². The minimum absolute atomic E-state index is 0.224. The SMILES string of the molecule is Cc1c(C(=O)Nc2ccc(-c3ccc(N(C(C(=O)O)C(C)C)S(=O)[O-])cc3)cc2)oc2cccc(-c3cccnc3)c12. The Kier molecular flexibility index (Phi) is 8.19. The summed E-state index contributed by atoms with van der Waals surface area (Å²) >= 11 is -2.77. The molecule has 5 aromatic rings. The summed E-state index contributed by atoms with van der Waals surface area (Å²) in [6, 6.07) is 22.1. The lowest BCUT2D eigenvalue weighted by Gasteiger charge is -2.34. The molecule has 1 amide bonds. The van der Waals surface area contributed by atoms with Crippen LogP contribution >= 0.6 is 0 Å². The number of amides is 1. The number of hydrogen-bond donors (Lipinski definition) is 2. The summed E-state index contributed by atoms with van der Waals surface area (Å²) in [7, 11) is 0. The third-order valence-corrected chi connectivity index (χ3v) is 7.79. The van der Waals surface area contributed by atoms with E-state index in [0.717, 1.165) is 37.5 Å². The van der Waals surface area contributed by atoms with Gasteiger partial charge < -0.3 is 19.4 Å². The van der Waals surface area contributed by atoms with Gasteiger partial charge in [0, 0.05) is 51.5 Å². The highest BCUT2D eigenvalue weighted by Gasteiger charge is 2.30. The highest BCUT2D eigenvalue weighted by molar-refractivity contribution is 7.80. The molecule has 0 bridgehead atoms. The molecule has 0 saturated carbocycles. The third-order valence-electron chi connectivity index (χ3n) is 7.03. The number of hydrogen-bond acceptors (Lipinski definition) is 6. The first-order valence-corrected chi connectivity index (χ1v) is 14.2. The number of carbonyl (C=O) groups excluding carboxylic acids is 1. The fourth-order valence-electron chi connectivity index (χ4n) is 5.01. The van der Waals surface area contributed by atoms with E-state index in [1.807, 2.05) is 49.4 Å². The summed E-state index contributed by atoms with van der Waals surface area (Å²) < 4.78 is 30.6. The van der Waals surface area contributed by atoms with Crippen molar-refractivity contribution in [2.45, 2.75) is 26.8 Å². The Labute approximate surface area is 245 Å². The van der Waals surface area contributed by atoms with Crippen molar-refractivity contribution >= 4 is 45.5 Å². The average Bonchev–Trinajstić information content (AvgIpc) is 3.33. The molecule has 9 nitrogen and oxygen atoms in total. The molecule has 0 saturated heterocycles. The van der Waals surface area contributed by atoms with Gasteiger partial charge in [-0.2, -0.15) is 0 Å². The highest BCUT2D eigenvalue weighted by atomic mass is 32.2. The number of carboxylic acids is 1. The Hall–Kier alpha value is -4.80. The summed E-state index contributed by atoms with van der Waals surface area (Å²) in [5, 5.41) is 13.3. The van der Waals surface area contributed by atoms with Crippen molar-refractivity contribution in [2.24, 2.45) is 5.92 Å². The summed E-state index contributed by atoms with van der Waals surface area (Å²) in [5.41, 5.74) is 5.65. The second-order valence-electron chi connectivity index (χ2n) is 10.1. The fourth-order valence-corrected chi connectivity index (χ4v) is 5.83. The molecular weight excluding hydrogens is 554 g/mol. The van der Waals surface area contributed by atoms with Gasteiger partial charge in [0.1, 0.15) is 11.6 Å². The smallest absolute Gasteiger partial charge is 0.327 e. The van der Waals surface area contributed by atoms with E-state index >= 15 is 0 Å². The van der Waals surface area contributed by atoms with Crippen molar-refractivity contribution in [3.05, 3.63) is 103 Å². The van der Waals surface area contributed by atoms with Crippen LogP contribution in [0.1, 0.15) is 30.0 Å². The molecule has 3 aromatic carbocycles. The van der Waals surface area contributed by atoms with E-state index in [4.69, 9.17) is 4.42 Å². The van der Waals surface area contributed by atoms with Crippen LogP contribution in [-0.4, -0.2) is 36.8 Å². The normalized spacial score (nSPS) is 12.7. The zero-order valence-corrected chi connectivity index (χ0v) is 23.9. The quantitative estimate of drug-likeness (QED) is 0.191. The molecule has 2 unspecified atom stereocenters. The van der Waals surface area contributed by atoms with Gasteiger partial charge in [0.05, 0.1) is 0 Å². The molecule has 5 rings (SSSR count). The van der Waals surface area contributed by atoms with E-state index < -0.39 is 29.2 Å². The van der Waals surface area contributed by atoms with E-state index in [1.165, 1.54) is 0 Å². The Morgan fingerprint density at radius 2 is 1.62 bits per heavy atom. The predicted molar refractivity (Wildman–Crippen MR) is 162 cm³/mol. The van der Waals surface area contributed by atoms with Gasteiger partial charge in [-0.05, 0) is 65.9 Å². The van der Waals surface area contributed by atoms with Crippen LogP contribution < -0.4 is 9.62 Å². The van der Waals surface area contributed by atoms with E-state index in [-0.39, 0.29) is 17.4 Å². The van der Waals surface area contributed by atoms with Gasteiger partial charge in [0.15, 0.2) is 5.76 Å². The van der Waals surface area contributed by atoms with Crippen LogP contribution in [0.15, 0.2) is 95.7 Å². The molecule has 0 aliphatic heterocycles. The van der Waals surface area contributed by atoms with Crippen LogP contribution in [0.3, 0.4) is 0 Å². The van der Waals surface area contributed by atoms with Gasteiger partial charge >= 0.3 is 5.97 Å². The second kappa shape index (κ2) is 12.0. The van der Waals surface area contributed by atoms with E-state index in [0.29, 0.717) is 11.3 Å². The third kappa shape index (κ3) is 5.67. The largest absolute Gasteiger partial charge is 0.755 e.